The van der Waals surface area contributed by atoms with Crippen molar-refractivity contribution in [1.82, 2.24) is 15.2 Å². The van der Waals surface area contributed by atoms with Crippen LogP contribution in [0.2, 0.25) is 0 Å². The van der Waals surface area contributed by atoms with Gasteiger partial charge >= 0.3 is 0 Å². The molecule has 1 saturated heterocycles. The van der Waals surface area contributed by atoms with E-state index in [1.807, 2.05) is 31.1 Å². The molecule has 0 radical (unpaired) electrons. The van der Waals surface area contributed by atoms with E-state index in [0.29, 0.717) is 6.54 Å². The van der Waals surface area contributed by atoms with Crippen molar-refractivity contribution in [3.05, 3.63) is 16.1 Å². The van der Waals surface area contributed by atoms with E-state index in [1.54, 1.807) is 16.2 Å². The summed E-state index contributed by atoms with van der Waals surface area (Å²) in [4.78, 5) is 18.3. The second kappa shape index (κ2) is 5.84. The molecule has 2 heterocycles. The summed E-state index contributed by atoms with van der Waals surface area (Å²) in [5.74, 6) is 2.14. The molecule has 17 heavy (non-hydrogen) atoms. The van der Waals surface area contributed by atoms with Crippen LogP contribution >= 0.6 is 23.1 Å². The van der Waals surface area contributed by atoms with Gasteiger partial charge in [-0.05, 0) is 6.92 Å². The predicted octanol–water partition coefficient (Wildman–Crippen LogP) is 1.11. The zero-order valence-electron chi connectivity index (χ0n) is 10.1. The number of amides is 1. The molecule has 0 bridgehead atoms. The third-order valence-corrected chi connectivity index (χ3v) is 4.55. The Balaban J connectivity index is 1.90. The van der Waals surface area contributed by atoms with Crippen LogP contribution in [0.5, 0.6) is 0 Å². The largest absolute Gasteiger partial charge is 0.338 e. The summed E-state index contributed by atoms with van der Waals surface area (Å²) in [5, 5.41) is 6.33. The van der Waals surface area contributed by atoms with Gasteiger partial charge in [-0.25, -0.2) is 4.98 Å². The third kappa shape index (κ3) is 3.43. The lowest BCUT2D eigenvalue weighted by Crippen LogP contribution is -2.49. The maximum absolute atomic E-state index is 12.1. The average Bonchev–Trinajstić information content (AvgIpc) is 2.75. The van der Waals surface area contributed by atoms with Crippen LogP contribution < -0.4 is 5.32 Å². The number of aromatic nitrogens is 1. The van der Waals surface area contributed by atoms with Gasteiger partial charge in [0.2, 0.25) is 5.91 Å². The van der Waals surface area contributed by atoms with Crippen LogP contribution in [-0.2, 0) is 11.3 Å². The number of aryl methyl sites for hydroxylation is 1. The summed E-state index contributed by atoms with van der Waals surface area (Å²) in [7, 11) is 1.85. The van der Waals surface area contributed by atoms with Gasteiger partial charge in [0, 0.05) is 30.5 Å². The fourth-order valence-electron chi connectivity index (χ4n) is 1.79. The van der Waals surface area contributed by atoms with Crippen molar-refractivity contribution in [3.63, 3.8) is 0 Å². The van der Waals surface area contributed by atoms with Crippen LogP contribution in [0.15, 0.2) is 5.38 Å². The summed E-state index contributed by atoms with van der Waals surface area (Å²) in [6, 6.07) is -0.0292. The molecule has 0 aliphatic carbocycles. The highest BCUT2D eigenvalue weighted by molar-refractivity contribution is 7.99. The Bertz CT molecular complexity index is 388. The van der Waals surface area contributed by atoms with Crippen LogP contribution in [0.4, 0.5) is 0 Å². The standard InChI is InChI=1S/C11H17N3OS2/c1-8-13-9(6-17-8)5-14(2)11(15)10-7-16-4-3-12-10/h6,10,12H,3-5,7H2,1-2H3. The molecule has 1 unspecified atom stereocenters. The number of thioether (sulfide) groups is 1. The monoisotopic (exact) mass is 271 g/mol. The van der Waals surface area contributed by atoms with Gasteiger partial charge in [-0.3, -0.25) is 4.79 Å². The zero-order valence-corrected chi connectivity index (χ0v) is 11.7. The van der Waals surface area contributed by atoms with E-state index in [4.69, 9.17) is 0 Å². The van der Waals surface area contributed by atoms with Crippen LogP contribution in [-0.4, -0.2) is 46.9 Å². The third-order valence-electron chi connectivity index (χ3n) is 2.66. The van der Waals surface area contributed by atoms with Gasteiger partial charge in [0.05, 0.1) is 23.3 Å². The van der Waals surface area contributed by atoms with E-state index in [0.717, 1.165) is 28.8 Å². The van der Waals surface area contributed by atoms with Gasteiger partial charge in [0.25, 0.3) is 0 Å². The molecule has 1 atom stereocenters. The molecule has 6 heteroatoms. The molecular formula is C11H17N3OS2. The van der Waals surface area contributed by atoms with Gasteiger partial charge < -0.3 is 10.2 Å². The van der Waals surface area contributed by atoms with Crippen LogP contribution in [0, 0.1) is 6.92 Å². The molecule has 0 aromatic carbocycles. The normalized spacial score (nSPS) is 20.2. The maximum atomic E-state index is 12.1. The minimum atomic E-state index is -0.0292. The first-order valence-corrected chi connectivity index (χ1v) is 7.67. The molecule has 2 rings (SSSR count). The smallest absolute Gasteiger partial charge is 0.240 e. The highest BCUT2D eigenvalue weighted by Gasteiger charge is 2.24. The summed E-state index contributed by atoms with van der Waals surface area (Å²) in [6.07, 6.45) is 0. The lowest BCUT2D eigenvalue weighted by atomic mass is 10.2. The molecule has 1 aromatic rings. The van der Waals surface area contributed by atoms with Crippen molar-refractivity contribution in [3.8, 4) is 0 Å². The summed E-state index contributed by atoms with van der Waals surface area (Å²) in [6.45, 7) is 3.51. The lowest BCUT2D eigenvalue weighted by molar-refractivity contribution is -0.132. The van der Waals surface area contributed by atoms with Crippen molar-refractivity contribution in [2.45, 2.75) is 19.5 Å². The molecule has 0 spiro atoms. The molecule has 0 saturated carbocycles. The van der Waals surface area contributed by atoms with E-state index in [9.17, 15) is 4.79 Å². The fraction of sp³-hybridized carbons (Fsp3) is 0.636. The van der Waals surface area contributed by atoms with Gasteiger partial charge in [-0.2, -0.15) is 11.8 Å². The van der Waals surface area contributed by atoms with E-state index < -0.39 is 0 Å². The minimum Gasteiger partial charge on any atom is -0.338 e. The molecule has 4 nitrogen and oxygen atoms in total. The predicted molar refractivity (Wildman–Crippen MR) is 72.4 cm³/mol. The molecular weight excluding hydrogens is 254 g/mol. The molecule has 1 aromatic heterocycles. The first-order chi connectivity index (χ1) is 8.16. The van der Waals surface area contributed by atoms with E-state index in [1.165, 1.54) is 0 Å². The van der Waals surface area contributed by atoms with E-state index >= 15 is 0 Å². The Morgan fingerprint density at radius 2 is 2.53 bits per heavy atom. The number of hydrogen-bond donors (Lipinski definition) is 1. The summed E-state index contributed by atoms with van der Waals surface area (Å²) in [5.41, 5.74) is 0.979. The number of thiazole rings is 1. The SMILES string of the molecule is Cc1nc(CN(C)C(=O)C2CSCCN2)cs1. The lowest BCUT2D eigenvalue weighted by Gasteiger charge is -2.26. The first kappa shape index (κ1) is 12.9. The van der Waals surface area contributed by atoms with Crippen molar-refractivity contribution in [1.29, 1.82) is 0 Å². The maximum Gasteiger partial charge on any atom is 0.240 e. The number of likely N-dealkylation sites (N-methyl/N-ethyl adjacent to an activating group) is 1. The molecule has 1 amide bonds. The van der Waals surface area contributed by atoms with Gasteiger partial charge in [0.1, 0.15) is 0 Å². The highest BCUT2D eigenvalue weighted by Crippen LogP contribution is 2.13. The molecule has 1 aliphatic rings. The van der Waals surface area contributed by atoms with Crippen molar-refractivity contribution >= 4 is 29.0 Å². The molecule has 1 aliphatic heterocycles. The number of carbonyl (C=O) groups excluding carboxylic acids is 1. The van der Waals surface area contributed by atoms with Gasteiger partial charge in [-0.1, -0.05) is 0 Å². The number of rotatable bonds is 3. The Hall–Kier alpha value is -0.590. The number of hydrogen-bond acceptors (Lipinski definition) is 5. The fourth-order valence-corrected chi connectivity index (χ4v) is 3.32. The first-order valence-electron chi connectivity index (χ1n) is 5.64. The van der Waals surface area contributed by atoms with Crippen LogP contribution in [0.25, 0.3) is 0 Å². The van der Waals surface area contributed by atoms with Crippen LogP contribution in [0.3, 0.4) is 0 Å². The summed E-state index contributed by atoms with van der Waals surface area (Å²) < 4.78 is 0. The van der Waals surface area contributed by atoms with Crippen LogP contribution in [0.1, 0.15) is 10.7 Å². The number of nitrogens with zero attached hydrogens (tertiary/aromatic N) is 2. The van der Waals surface area contributed by atoms with Gasteiger partial charge in [-0.15, -0.1) is 11.3 Å². The Labute approximate surface area is 110 Å². The number of carbonyl (C=O) groups is 1. The topological polar surface area (TPSA) is 45.2 Å². The summed E-state index contributed by atoms with van der Waals surface area (Å²) >= 11 is 3.46. The molecule has 1 N–H and O–H groups in total. The zero-order chi connectivity index (χ0) is 12.3. The second-order valence-corrected chi connectivity index (χ2v) is 6.35. The second-order valence-electron chi connectivity index (χ2n) is 4.13. The van der Waals surface area contributed by atoms with Crippen molar-refractivity contribution in [2.24, 2.45) is 0 Å². The Morgan fingerprint density at radius 3 is 3.12 bits per heavy atom. The van der Waals surface area contributed by atoms with E-state index in [-0.39, 0.29) is 11.9 Å². The highest BCUT2D eigenvalue weighted by atomic mass is 32.2. The quantitative estimate of drug-likeness (QED) is 0.895. The van der Waals surface area contributed by atoms with E-state index in [2.05, 4.69) is 10.3 Å². The average molecular weight is 271 g/mol. The molecule has 94 valence electrons. The molecule has 1 fully saturated rings. The number of nitrogens with one attached hydrogen (secondary N) is 1. The van der Waals surface area contributed by atoms with Crippen molar-refractivity contribution in [2.75, 3.05) is 25.1 Å². The minimum absolute atomic E-state index is 0.0292. The van der Waals surface area contributed by atoms with Crippen molar-refractivity contribution < 1.29 is 4.79 Å². The Morgan fingerprint density at radius 1 is 1.71 bits per heavy atom. The Kier molecular flexibility index (Phi) is 4.42. The van der Waals surface area contributed by atoms with Gasteiger partial charge in [0.15, 0.2) is 0 Å².